The minimum Gasteiger partial charge on any atom is -0.478 e. The van der Waals surface area contributed by atoms with Crippen LogP contribution in [-0.4, -0.2) is 53.9 Å². The number of aryl methyl sites for hydroxylation is 2. The van der Waals surface area contributed by atoms with Crippen LogP contribution in [0, 0.1) is 0 Å². The maximum atomic E-state index is 13.7. The van der Waals surface area contributed by atoms with Crippen molar-refractivity contribution in [1.29, 1.82) is 0 Å². The van der Waals surface area contributed by atoms with E-state index in [0.29, 0.717) is 22.5 Å². The van der Waals surface area contributed by atoms with Crippen molar-refractivity contribution in [3.05, 3.63) is 119 Å². The van der Waals surface area contributed by atoms with Crippen molar-refractivity contribution in [3.8, 4) is 0 Å². The second-order valence-corrected chi connectivity index (χ2v) is 12.7. The first-order chi connectivity index (χ1) is 22.3. The number of carbonyl (C=O) groups is 3. The Labute approximate surface area is 274 Å². The summed E-state index contributed by atoms with van der Waals surface area (Å²) in [5.41, 5.74) is 5.45. The van der Waals surface area contributed by atoms with Crippen molar-refractivity contribution in [2.75, 3.05) is 42.2 Å². The van der Waals surface area contributed by atoms with E-state index in [4.69, 9.17) is 5.11 Å². The van der Waals surface area contributed by atoms with Crippen LogP contribution in [0.15, 0.2) is 95.9 Å². The smallest absolute Gasteiger partial charge is 0.335 e. The molecule has 0 unspecified atom stereocenters. The first-order valence-corrected chi connectivity index (χ1v) is 16.5. The largest absolute Gasteiger partial charge is 0.478 e. The average Bonchev–Trinajstić information content (AvgIpc) is 3.08. The van der Waals surface area contributed by atoms with Gasteiger partial charge in [0.1, 0.15) is 0 Å². The van der Waals surface area contributed by atoms with Crippen LogP contribution >= 0.6 is 11.9 Å². The molecule has 0 saturated carbocycles. The van der Waals surface area contributed by atoms with E-state index in [1.54, 1.807) is 30.1 Å². The minimum absolute atomic E-state index is 0.275. The summed E-state index contributed by atoms with van der Waals surface area (Å²) >= 11 is 1.58. The van der Waals surface area contributed by atoms with Gasteiger partial charge in [-0.1, -0.05) is 37.3 Å². The summed E-state index contributed by atoms with van der Waals surface area (Å²) in [7, 11) is 2.00. The van der Waals surface area contributed by atoms with Gasteiger partial charge in [-0.15, -0.1) is 0 Å². The number of nitrogens with one attached hydrogen (secondary N) is 2. The fraction of sp³-hybridized carbons (Fsp3) is 0.270. The predicted molar refractivity (Wildman–Crippen MR) is 186 cm³/mol. The Bertz CT molecular complexity index is 1670. The van der Waals surface area contributed by atoms with Crippen molar-refractivity contribution >= 4 is 46.8 Å². The molecule has 4 aromatic carbocycles. The zero-order valence-electron chi connectivity index (χ0n) is 26.3. The molecule has 0 bridgehead atoms. The number of piperidine rings is 1. The number of carboxylic acids is 1. The number of carbonyl (C=O) groups excluding carboxylic acids is 2. The summed E-state index contributed by atoms with van der Waals surface area (Å²) in [6.07, 6.45) is 4.98. The number of amides is 2. The maximum Gasteiger partial charge on any atom is 0.335 e. The Morgan fingerprint density at radius 3 is 2.11 bits per heavy atom. The van der Waals surface area contributed by atoms with Crippen molar-refractivity contribution in [2.24, 2.45) is 0 Å². The van der Waals surface area contributed by atoms with Crippen LogP contribution < -0.4 is 15.5 Å². The second-order valence-electron chi connectivity index (χ2n) is 11.4. The Morgan fingerprint density at radius 1 is 0.783 bits per heavy atom. The lowest BCUT2D eigenvalue weighted by molar-refractivity contribution is 0.0696. The van der Waals surface area contributed by atoms with Crippen molar-refractivity contribution in [1.82, 2.24) is 4.31 Å². The molecular weight excluding hydrogens is 596 g/mol. The molecule has 0 spiro atoms. The Balaban J connectivity index is 1.30. The zero-order valence-corrected chi connectivity index (χ0v) is 27.1. The van der Waals surface area contributed by atoms with Crippen LogP contribution in [-0.2, 0) is 12.8 Å². The molecule has 4 aromatic rings. The summed E-state index contributed by atoms with van der Waals surface area (Å²) in [5, 5.41) is 15.1. The van der Waals surface area contributed by atoms with E-state index in [2.05, 4.69) is 26.8 Å². The molecule has 1 aliphatic heterocycles. The van der Waals surface area contributed by atoms with Crippen LogP contribution in [0.5, 0.6) is 0 Å². The highest BCUT2D eigenvalue weighted by Crippen LogP contribution is 2.28. The van der Waals surface area contributed by atoms with Crippen LogP contribution in [0.4, 0.5) is 17.1 Å². The van der Waals surface area contributed by atoms with Crippen LogP contribution in [0.3, 0.4) is 0 Å². The summed E-state index contributed by atoms with van der Waals surface area (Å²) in [4.78, 5) is 41.5. The van der Waals surface area contributed by atoms with Gasteiger partial charge in [-0.2, -0.15) is 0 Å². The minimum atomic E-state index is -0.933. The van der Waals surface area contributed by atoms with Crippen LogP contribution in [0.25, 0.3) is 0 Å². The summed E-state index contributed by atoms with van der Waals surface area (Å²) in [5.74, 6) is -1.51. The molecule has 9 heteroatoms. The lowest BCUT2D eigenvalue weighted by Gasteiger charge is -2.29. The Kier molecular flexibility index (Phi) is 11.1. The van der Waals surface area contributed by atoms with Gasteiger partial charge in [0.25, 0.3) is 11.8 Å². The first kappa shape index (κ1) is 32.8. The predicted octanol–water partition coefficient (Wildman–Crippen LogP) is 7.62. The fourth-order valence-electron chi connectivity index (χ4n) is 5.37. The second kappa shape index (κ2) is 15.6. The molecule has 3 N–H and O–H groups in total. The van der Waals surface area contributed by atoms with Gasteiger partial charge in [-0.25, -0.2) is 9.10 Å². The number of hydrogen-bond acceptors (Lipinski definition) is 6. The van der Waals surface area contributed by atoms with Gasteiger partial charge in [0.05, 0.1) is 16.8 Å². The quantitative estimate of drug-likeness (QED) is 0.138. The lowest BCUT2D eigenvalue weighted by Crippen LogP contribution is -2.29. The van der Waals surface area contributed by atoms with Gasteiger partial charge >= 0.3 is 5.97 Å². The molecule has 1 saturated heterocycles. The number of rotatable bonds is 12. The molecule has 0 radical (unpaired) electrons. The first-order valence-electron chi connectivity index (χ1n) is 15.7. The monoisotopic (exact) mass is 636 g/mol. The third-order valence-corrected chi connectivity index (χ3v) is 9.17. The topological polar surface area (TPSA) is 102 Å². The molecular formula is C37H40N4O4S. The third kappa shape index (κ3) is 8.77. The molecule has 1 aliphatic rings. The number of nitrogens with zero attached hydrogens (tertiary/aromatic N) is 2. The number of carboxylic acid groups (broad SMARTS) is 1. The molecule has 8 nitrogen and oxygen atoms in total. The van der Waals surface area contributed by atoms with E-state index >= 15 is 0 Å². The van der Waals surface area contributed by atoms with Crippen LogP contribution in [0.1, 0.15) is 68.4 Å². The molecule has 0 aliphatic carbocycles. The third-order valence-electron chi connectivity index (χ3n) is 8.14. The Morgan fingerprint density at radius 2 is 1.46 bits per heavy atom. The van der Waals surface area contributed by atoms with E-state index in [0.717, 1.165) is 67.0 Å². The molecule has 0 aromatic heterocycles. The average molecular weight is 637 g/mol. The van der Waals surface area contributed by atoms with Gasteiger partial charge in [-0.05, 0) is 123 Å². The van der Waals surface area contributed by atoms with E-state index in [-0.39, 0.29) is 17.4 Å². The van der Waals surface area contributed by atoms with Gasteiger partial charge in [0.15, 0.2) is 0 Å². The molecule has 2 amide bonds. The lowest BCUT2D eigenvalue weighted by atomic mass is 10.0. The highest BCUT2D eigenvalue weighted by atomic mass is 32.2. The normalized spacial score (nSPS) is 13.0. The van der Waals surface area contributed by atoms with Crippen molar-refractivity contribution in [2.45, 2.75) is 43.9 Å². The Hall–Kier alpha value is -4.60. The molecule has 238 valence electrons. The van der Waals surface area contributed by atoms with E-state index in [1.807, 2.05) is 79.8 Å². The SMILES string of the molecule is CCN(C)Sc1cccc(C(=O)Nc2ccc(N3CCCCC3)cc2C(=O)Nc2ccc(CCc3ccc(C(=O)O)cc3)cc2)c1. The van der Waals surface area contributed by atoms with Gasteiger partial charge in [-0.3, -0.25) is 9.59 Å². The van der Waals surface area contributed by atoms with Gasteiger partial charge < -0.3 is 20.6 Å². The van der Waals surface area contributed by atoms with E-state index in [1.165, 1.54) is 6.42 Å². The summed E-state index contributed by atoms with van der Waals surface area (Å²) < 4.78 is 2.09. The van der Waals surface area contributed by atoms with Gasteiger partial charge in [0, 0.05) is 41.5 Å². The van der Waals surface area contributed by atoms with Gasteiger partial charge in [0.2, 0.25) is 0 Å². The highest BCUT2D eigenvalue weighted by molar-refractivity contribution is 7.97. The molecule has 5 rings (SSSR count). The van der Waals surface area contributed by atoms with Crippen LogP contribution in [0.2, 0.25) is 0 Å². The number of anilines is 3. The van der Waals surface area contributed by atoms with E-state index in [9.17, 15) is 14.4 Å². The molecule has 1 heterocycles. The molecule has 1 fully saturated rings. The standard InChI is InChI=1S/C37H40N4O4S/c1-3-40(2)46-32-9-7-8-29(24-32)35(42)39-34-21-20-31(41-22-5-4-6-23-41)25-33(34)36(43)38-30-18-14-27(15-19-30)11-10-26-12-16-28(17-13-26)37(44)45/h7-9,12-21,24-25H,3-6,10-11,22-23H2,1-2H3,(H,38,43)(H,39,42)(H,44,45). The summed E-state index contributed by atoms with van der Waals surface area (Å²) in [6, 6.07) is 27.8. The maximum absolute atomic E-state index is 13.7. The van der Waals surface area contributed by atoms with Crippen molar-refractivity contribution in [3.63, 3.8) is 0 Å². The summed E-state index contributed by atoms with van der Waals surface area (Å²) in [6.45, 7) is 4.82. The molecule has 46 heavy (non-hydrogen) atoms. The van der Waals surface area contributed by atoms with E-state index < -0.39 is 5.97 Å². The fourth-order valence-corrected chi connectivity index (χ4v) is 6.17. The van der Waals surface area contributed by atoms with Crippen molar-refractivity contribution < 1.29 is 19.5 Å². The number of hydrogen-bond donors (Lipinski definition) is 3. The number of aromatic carboxylic acids is 1. The number of benzene rings is 4. The molecule has 0 atom stereocenters. The highest BCUT2D eigenvalue weighted by Gasteiger charge is 2.19. The zero-order chi connectivity index (χ0) is 32.5.